The van der Waals surface area contributed by atoms with Crippen LogP contribution in [0.15, 0.2) is 0 Å². The van der Waals surface area contributed by atoms with Gasteiger partial charge in [-0.25, -0.2) is 9.59 Å². The Hall–Kier alpha value is -0.950. The van der Waals surface area contributed by atoms with Crippen molar-refractivity contribution in [1.82, 2.24) is 10.2 Å². The number of aliphatic hydroxyl groups is 1. The number of hydrogen-bond acceptors (Lipinski definition) is 4. The Morgan fingerprint density at radius 2 is 2.17 bits per heavy atom. The van der Waals surface area contributed by atoms with Crippen LogP contribution >= 0.6 is 11.8 Å². The minimum Gasteiger partial charge on any atom is -0.480 e. The van der Waals surface area contributed by atoms with Gasteiger partial charge in [-0.15, -0.1) is 0 Å². The number of rotatable bonds is 8. The average Bonchev–Trinajstić information content (AvgIpc) is 3.14. The Bertz CT molecular complexity index is 297. The van der Waals surface area contributed by atoms with Crippen molar-refractivity contribution in [2.75, 3.05) is 25.2 Å². The first-order valence-corrected chi connectivity index (χ1v) is 7.39. The molecule has 1 aliphatic rings. The summed E-state index contributed by atoms with van der Waals surface area (Å²) < 4.78 is 0. The molecule has 0 spiro atoms. The second-order valence-electron chi connectivity index (χ2n) is 4.27. The van der Waals surface area contributed by atoms with Gasteiger partial charge in [0.1, 0.15) is 6.04 Å². The molecular formula is C11H20N2O4S. The van der Waals surface area contributed by atoms with Crippen LogP contribution in [-0.4, -0.2) is 64.4 Å². The lowest BCUT2D eigenvalue weighted by Gasteiger charge is -2.24. The lowest BCUT2D eigenvalue weighted by molar-refractivity contribution is -0.139. The number of hydrogen-bond donors (Lipinski definition) is 3. The molecule has 1 saturated carbocycles. The molecule has 0 aromatic heterocycles. The first-order chi connectivity index (χ1) is 8.60. The largest absolute Gasteiger partial charge is 0.480 e. The molecule has 1 rings (SSSR count). The Morgan fingerprint density at radius 1 is 1.50 bits per heavy atom. The highest BCUT2D eigenvalue weighted by molar-refractivity contribution is 7.98. The smallest absolute Gasteiger partial charge is 0.326 e. The molecule has 0 aromatic rings. The second kappa shape index (κ2) is 7.48. The van der Waals surface area contributed by atoms with E-state index in [2.05, 4.69) is 5.32 Å². The molecule has 0 bridgehead atoms. The van der Waals surface area contributed by atoms with E-state index < -0.39 is 12.0 Å². The number of carboxylic acid groups (broad SMARTS) is 1. The van der Waals surface area contributed by atoms with Gasteiger partial charge in [0.2, 0.25) is 0 Å². The molecular weight excluding hydrogens is 256 g/mol. The van der Waals surface area contributed by atoms with Gasteiger partial charge in [0.05, 0.1) is 6.61 Å². The van der Waals surface area contributed by atoms with Gasteiger partial charge in [-0.2, -0.15) is 11.8 Å². The normalized spacial score (nSPS) is 16.1. The van der Waals surface area contributed by atoms with Gasteiger partial charge in [-0.05, 0) is 31.3 Å². The molecule has 18 heavy (non-hydrogen) atoms. The maximum atomic E-state index is 11.9. The molecule has 2 amide bonds. The SMILES string of the molecule is CSCC[C@@H](NC(=O)N(CCO)C1CC1)C(=O)O. The molecule has 6 nitrogen and oxygen atoms in total. The number of nitrogens with one attached hydrogen (secondary N) is 1. The maximum absolute atomic E-state index is 11.9. The van der Waals surface area contributed by atoms with Crippen molar-refractivity contribution in [2.24, 2.45) is 0 Å². The third-order valence-corrected chi connectivity index (χ3v) is 3.44. The number of aliphatic carboxylic acids is 1. The quantitative estimate of drug-likeness (QED) is 0.595. The van der Waals surface area contributed by atoms with Crippen molar-refractivity contribution < 1.29 is 19.8 Å². The second-order valence-corrected chi connectivity index (χ2v) is 5.26. The third-order valence-electron chi connectivity index (χ3n) is 2.80. The van der Waals surface area contributed by atoms with E-state index in [1.807, 2.05) is 6.26 Å². The summed E-state index contributed by atoms with van der Waals surface area (Å²) in [5.41, 5.74) is 0. The number of carboxylic acids is 1. The van der Waals surface area contributed by atoms with Crippen LogP contribution in [0.3, 0.4) is 0 Å². The number of urea groups is 1. The molecule has 7 heteroatoms. The van der Waals surface area contributed by atoms with E-state index in [1.54, 1.807) is 11.8 Å². The van der Waals surface area contributed by atoms with Gasteiger partial charge < -0.3 is 20.4 Å². The van der Waals surface area contributed by atoms with Gasteiger partial charge in [0, 0.05) is 12.6 Å². The standard InChI is InChI=1S/C11H20N2O4S/c1-18-7-4-9(10(15)16)12-11(17)13(5-6-14)8-2-3-8/h8-9,14H,2-7H2,1H3,(H,12,17)(H,15,16)/t9-/m1/s1. The Labute approximate surface area is 111 Å². The van der Waals surface area contributed by atoms with Crippen molar-refractivity contribution in [1.29, 1.82) is 0 Å². The fourth-order valence-electron chi connectivity index (χ4n) is 1.67. The Kier molecular flexibility index (Phi) is 6.28. The van der Waals surface area contributed by atoms with Crippen molar-refractivity contribution in [3.63, 3.8) is 0 Å². The van der Waals surface area contributed by atoms with E-state index in [0.29, 0.717) is 12.2 Å². The summed E-state index contributed by atoms with van der Waals surface area (Å²) in [7, 11) is 0. The number of carbonyl (C=O) groups is 2. The number of thioether (sulfide) groups is 1. The molecule has 0 aromatic carbocycles. The van der Waals surface area contributed by atoms with Crippen LogP contribution in [-0.2, 0) is 4.79 Å². The van der Waals surface area contributed by atoms with Gasteiger partial charge in [0.15, 0.2) is 0 Å². The molecule has 0 saturated heterocycles. The molecule has 3 N–H and O–H groups in total. The van der Waals surface area contributed by atoms with Crippen LogP contribution in [0.25, 0.3) is 0 Å². The zero-order chi connectivity index (χ0) is 13.5. The molecule has 1 atom stereocenters. The summed E-state index contributed by atoms with van der Waals surface area (Å²) in [6, 6.07) is -1.09. The first kappa shape index (κ1) is 15.1. The summed E-state index contributed by atoms with van der Waals surface area (Å²) in [5, 5.41) is 20.4. The van der Waals surface area contributed by atoms with Gasteiger partial charge >= 0.3 is 12.0 Å². The molecule has 104 valence electrons. The van der Waals surface area contributed by atoms with Crippen LogP contribution in [0.2, 0.25) is 0 Å². The third kappa shape index (κ3) is 4.73. The van der Waals surface area contributed by atoms with Crippen LogP contribution in [0, 0.1) is 0 Å². The summed E-state index contributed by atoms with van der Waals surface area (Å²) in [6.07, 6.45) is 4.15. The fraction of sp³-hybridized carbons (Fsp3) is 0.818. The number of nitrogens with zero attached hydrogens (tertiary/aromatic N) is 1. The molecule has 0 aliphatic heterocycles. The van der Waals surface area contributed by atoms with Crippen molar-refractivity contribution in [3.05, 3.63) is 0 Å². The molecule has 0 heterocycles. The van der Waals surface area contributed by atoms with Crippen molar-refractivity contribution in [3.8, 4) is 0 Å². The average molecular weight is 276 g/mol. The zero-order valence-electron chi connectivity index (χ0n) is 10.5. The van der Waals surface area contributed by atoms with Gasteiger partial charge in [-0.1, -0.05) is 0 Å². The Morgan fingerprint density at radius 3 is 2.61 bits per heavy atom. The van der Waals surface area contributed by atoms with E-state index in [0.717, 1.165) is 12.8 Å². The van der Waals surface area contributed by atoms with Crippen LogP contribution in [0.1, 0.15) is 19.3 Å². The monoisotopic (exact) mass is 276 g/mol. The highest BCUT2D eigenvalue weighted by atomic mass is 32.2. The van der Waals surface area contributed by atoms with E-state index in [1.165, 1.54) is 4.90 Å². The minimum atomic E-state index is -1.02. The van der Waals surface area contributed by atoms with Crippen LogP contribution < -0.4 is 5.32 Å². The van der Waals surface area contributed by atoms with Crippen LogP contribution in [0.5, 0.6) is 0 Å². The summed E-state index contributed by atoms with van der Waals surface area (Å²) in [4.78, 5) is 24.5. The molecule has 1 fully saturated rings. The topological polar surface area (TPSA) is 89.9 Å². The lowest BCUT2D eigenvalue weighted by Crippen LogP contribution is -2.49. The van der Waals surface area contributed by atoms with E-state index in [-0.39, 0.29) is 25.2 Å². The maximum Gasteiger partial charge on any atom is 0.326 e. The van der Waals surface area contributed by atoms with E-state index >= 15 is 0 Å². The molecule has 0 unspecified atom stereocenters. The predicted octanol–water partition coefficient (Wildman–Crippen LogP) is 0.359. The highest BCUT2D eigenvalue weighted by Crippen LogP contribution is 2.26. The summed E-state index contributed by atoms with van der Waals surface area (Å²) in [6.45, 7) is 0.151. The first-order valence-electron chi connectivity index (χ1n) is 6.00. The fourth-order valence-corrected chi connectivity index (χ4v) is 2.14. The van der Waals surface area contributed by atoms with E-state index in [4.69, 9.17) is 10.2 Å². The number of aliphatic hydroxyl groups excluding tert-OH is 1. The summed E-state index contributed by atoms with van der Waals surface area (Å²) in [5.74, 6) is -0.335. The Balaban J connectivity index is 2.49. The van der Waals surface area contributed by atoms with Gasteiger partial charge in [-0.3, -0.25) is 0 Å². The van der Waals surface area contributed by atoms with Gasteiger partial charge in [0.25, 0.3) is 0 Å². The number of amides is 2. The number of carbonyl (C=O) groups excluding carboxylic acids is 1. The minimum absolute atomic E-state index is 0.105. The van der Waals surface area contributed by atoms with Crippen molar-refractivity contribution in [2.45, 2.75) is 31.3 Å². The van der Waals surface area contributed by atoms with Crippen molar-refractivity contribution >= 4 is 23.8 Å². The molecule has 1 aliphatic carbocycles. The lowest BCUT2D eigenvalue weighted by atomic mass is 10.2. The predicted molar refractivity (Wildman–Crippen MR) is 69.8 cm³/mol. The van der Waals surface area contributed by atoms with Crippen LogP contribution in [0.4, 0.5) is 4.79 Å². The zero-order valence-corrected chi connectivity index (χ0v) is 11.3. The van der Waals surface area contributed by atoms with E-state index in [9.17, 15) is 9.59 Å². The summed E-state index contributed by atoms with van der Waals surface area (Å²) >= 11 is 1.54. The molecule has 0 radical (unpaired) electrons. The highest BCUT2D eigenvalue weighted by Gasteiger charge is 2.33.